The second-order valence-corrected chi connectivity index (χ2v) is 6.19. The standard InChI is InChI=1S/C14H16FNS/c1-2-4-11-8-14(9-11,10-16)17-13-6-3-5-12(15)7-13/h3,5-7,11H,2,4,8-9H2,1H3. The highest BCUT2D eigenvalue weighted by Gasteiger charge is 2.44. The first-order valence-corrected chi connectivity index (χ1v) is 6.85. The van der Waals surface area contributed by atoms with E-state index in [0.29, 0.717) is 5.92 Å². The average molecular weight is 249 g/mol. The number of hydrogen-bond acceptors (Lipinski definition) is 2. The van der Waals surface area contributed by atoms with Gasteiger partial charge in [0.05, 0.1) is 6.07 Å². The van der Waals surface area contributed by atoms with Gasteiger partial charge in [-0.25, -0.2) is 4.39 Å². The van der Waals surface area contributed by atoms with E-state index in [2.05, 4.69) is 13.0 Å². The van der Waals surface area contributed by atoms with Crippen LogP contribution in [0.5, 0.6) is 0 Å². The van der Waals surface area contributed by atoms with Crippen LogP contribution < -0.4 is 0 Å². The van der Waals surface area contributed by atoms with Gasteiger partial charge in [0.1, 0.15) is 10.6 Å². The van der Waals surface area contributed by atoms with Gasteiger partial charge >= 0.3 is 0 Å². The number of rotatable bonds is 4. The van der Waals surface area contributed by atoms with Gasteiger partial charge in [-0.1, -0.05) is 25.8 Å². The number of nitrogens with zero attached hydrogens (tertiary/aromatic N) is 1. The van der Waals surface area contributed by atoms with Gasteiger partial charge in [0, 0.05) is 4.90 Å². The van der Waals surface area contributed by atoms with Crippen molar-refractivity contribution in [3.63, 3.8) is 0 Å². The molecule has 1 aromatic rings. The molecule has 0 saturated heterocycles. The van der Waals surface area contributed by atoms with Crippen LogP contribution in [0.1, 0.15) is 32.6 Å². The lowest BCUT2D eigenvalue weighted by atomic mass is 9.73. The van der Waals surface area contributed by atoms with Gasteiger partial charge in [0.15, 0.2) is 0 Å². The Kier molecular flexibility index (Phi) is 3.73. The van der Waals surface area contributed by atoms with Crippen molar-refractivity contribution >= 4 is 11.8 Å². The normalized spacial score (nSPS) is 27.2. The van der Waals surface area contributed by atoms with Gasteiger partial charge in [-0.05, 0) is 37.0 Å². The first kappa shape index (κ1) is 12.4. The maximum atomic E-state index is 13.1. The van der Waals surface area contributed by atoms with Crippen molar-refractivity contribution < 1.29 is 4.39 Å². The fourth-order valence-electron chi connectivity index (χ4n) is 2.44. The number of nitriles is 1. The largest absolute Gasteiger partial charge is 0.207 e. The lowest BCUT2D eigenvalue weighted by Gasteiger charge is -2.42. The minimum absolute atomic E-state index is 0.229. The third-order valence-electron chi connectivity index (χ3n) is 3.25. The predicted molar refractivity (Wildman–Crippen MR) is 68.2 cm³/mol. The molecule has 0 amide bonds. The Balaban J connectivity index is 2.01. The van der Waals surface area contributed by atoms with Crippen LogP contribution in [0, 0.1) is 23.1 Å². The van der Waals surface area contributed by atoms with Crippen molar-refractivity contribution in [3.05, 3.63) is 30.1 Å². The zero-order valence-corrected chi connectivity index (χ0v) is 10.8. The monoisotopic (exact) mass is 249 g/mol. The summed E-state index contributed by atoms with van der Waals surface area (Å²) >= 11 is 1.52. The van der Waals surface area contributed by atoms with Crippen LogP contribution in [-0.2, 0) is 0 Å². The third-order valence-corrected chi connectivity index (χ3v) is 4.55. The molecule has 3 heteroatoms. The molecule has 1 aliphatic rings. The molecule has 0 atom stereocenters. The minimum atomic E-state index is -0.312. The fraction of sp³-hybridized carbons (Fsp3) is 0.500. The van der Waals surface area contributed by atoms with Crippen LogP contribution in [0.15, 0.2) is 29.2 Å². The highest BCUT2D eigenvalue weighted by atomic mass is 32.2. The average Bonchev–Trinajstić information content (AvgIpc) is 2.26. The molecule has 0 spiro atoms. The first-order valence-electron chi connectivity index (χ1n) is 6.03. The Hall–Kier alpha value is -1.01. The molecule has 0 N–H and O–H groups in total. The van der Waals surface area contributed by atoms with Gasteiger partial charge < -0.3 is 0 Å². The molecule has 1 aliphatic carbocycles. The van der Waals surface area contributed by atoms with Crippen LogP contribution >= 0.6 is 11.8 Å². The van der Waals surface area contributed by atoms with Crippen LogP contribution in [-0.4, -0.2) is 4.75 Å². The zero-order valence-electron chi connectivity index (χ0n) is 9.95. The summed E-state index contributed by atoms with van der Waals surface area (Å²) in [7, 11) is 0. The number of hydrogen-bond donors (Lipinski definition) is 0. The van der Waals surface area contributed by atoms with E-state index in [9.17, 15) is 9.65 Å². The summed E-state index contributed by atoms with van der Waals surface area (Å²) in [6.07, 6.45) is 4.26. The molecule has 0 bridgehead atoms. The van der Waals surface area contributed by atoms with E-state index in [-0.39, 0.29) is 10.6 Å². The van der Waals surface area contributed by atoms with E-state index < -0.39 is 0 Å². The molecule has 1 aromatic carbocycles. The Morgan fingerprint density at radius 3 is 2.88 bits per heavy atom. The molecule has 0 unspecified atom stereocenters. The lowest BCUT2D eigenvalue weighted by Crippen LogP contribution is -2.39. The van der Waals surface area contributed by atoms with Gasteiger partial charge in [0.2, 0.25) is 0 Å². The van der Waals surface area contributed by atoms with E-state index in [4.69, 9.17) is 0 Å². The van der Waals surface area contributed by atoms with Crippen molar-refractivity contribution in [3.8, 4) is 6.07 Å². The van der Waals surface area contributed by atoms with Gasteiger partial charge in [-0.15, -0.1) is 11.8 Å². The van der Waals surface area contributed by atoms with Crippen molar-refractivity contribution in [1.82, 2.24) is 0 Å². The Labute approximate surface area is 106 Å². The van der Waals surface area contributed by atoms with Crippen molar-refractivity contribution in [2.45, 2.75) is 42.2 Å². The van der Waals surface area contributed by atoms with E-state index >= 15 is 0 Å². The molecule has 1 nitrogen and oxygen atoms in total. The summed E-state index contributed by atoms with van der Waals surface area (Å²) in [4.78, 5) is 0.862. The third kappa shape index (κ3) is 2.81. The lowest BCUT2D eigenvalue weighted by molar-refractivity contribution is 0.258. The van der Waals surface area contributed by atoms with E-state index in [1.807, 2.05) is 6.07 Å². The predicted octanol–water partition coefficient (Wildman–Crippen LogP) is 4.39. The Morgan fingerprint density at radius 2 is 2.29 bits per heavy atom. The smallest absolute Gasteiger partial charge is 0.124 e. The minimum Gasteiger partial charge on any atom is -0.207 e. The number of halogens is 1. The molecular formula is C14H16FNS. The fourth-order valence-corrected chi connectivity index (χ4v) is 3.89. The van der Waals surface area contributed by atoms with Gasteiger partial charge in [-0.3, -0.25) is 0 Å². The Morgan fingerprint density at radius 1 is 1.53 bits per heavy atom. The maximum Gasteiger partial charge on any atom is 0.124 e. The molecule has 0 aliphatic heterocycles. The summed E-state index contributed by atoms with van der Waals surface area (Å²) in [5.74, 6) is 0.452. The van der Waals surface area contributed by atoms with Crippen molar-refractivity contribution in [2.75, 3.05) is 0 Å². The Bertz CT molecular complexity index is 432. The van der Waals surface area contributed by atoms with Gasteiger partial charge in [-0.2, -0.15) is 5.26 Å². The summed E-state index contributed by atoms with van der Waals surface area (Å²) in [5, 5.41) is 9.29. The van der Waals surface area contributed by atoms with Crippen LogP contribution in [0.2, 0.25) is 0 Å². The van der Waals surface area contributed by atoms with Gasteiger partial charge in [0.25, 0.3) is 0 Å². The number of thioether (sulfide) groups is 1. The maximum absolute atomic E-state index is 13.1. The zero-order chi connectivity index (χ0) is 12.3. The molecule has 17 heavy (non-hydrogen) atoms. The van der Waals surface area contributed by atoms with Crippen molar-refractivity contribution in [2.24, 2.45) is 5.92 Å². The van der Waals surface area contributed by atoms with Crippen LogP contribution in [0.3, 0.4) is 0 Å². The molecule has 1 saturated carbocycles. The van der Waals surface area contributed by atoms with E-state index in [1.165, 1.54) is 36.7 Å². The first-order chi connectivity index (χ1) is 8.17. The molecular weight excluding hydrogens is 233 g/mol. The molecule has 1 fully saturated rings. The van der Waals surface area contributed by atoms with E-state index in [1.54, 1.807) is 6.07 Å². The molecule has 0 heterocycles. The molecule has 0 radical (unpaired) electrons. The highest BCUT2D eigenvalue weighted by Crippen LogP contribution is 2.51. The molecule has 2 rings (SSSR count). The number of benzene rings is 1. The second-order valence-electron chi connectivity index (χ2n) is 4.73. The second kappa shape index (κ2) is 5.10. The molecule has 90 valence electrons. The quantitative estimate of drug-likeness (QED) is 0.790. The summed E-state index contributed by atoms with van der Waals surface area (Å²) in [5.41, 5.74) is 0. The summed E-state index contributed by atoms with van der Waals surface area (Å²) in [6, 6.07) is 8.93. The van der Waals surface area contributed by atoms with Crippen LogP contribution in [0.4, 0.5) is 4.39 Å². The van der Waals surface area contributed by atoms with Crippen LogP contribution in [0.25, 0.3) is 0 Å². The SMILES string of the molecule is CCCC1CC(C#N)(Sc2cccc(F)c2)C1. The summed E-state index contributed by atoms with van der Waals surface area (Å²) in [6.45, 7) is 2.17. The topological polar surface area (TPSA) is 23.8 Å². The van der Waals surface area contributed by atoms with E-state index in [0.717, 1.165) is 17.7 Å². The summed E-state index contributed by atoms with van der Waals surface area (Å²) < 4.78 is 12.8. The van der Waals surface area contributed by atoms with Crippen molar-refractivity contribution in [1.29, 1.82) is 5.26 Å². The molecule has 0 aromatic heterocycles. The highest BCUT2D eigenvalue weighted by molar-refractivity contribution is 8.01.